The van der Waals surface area contributed by atoms with E-state index < -0.39 is 5.97 Å². The van der Waals surface area contributed by atoms with Crippen molar-refractivity contribution in [3.63, 3.8) is 0 Å². The molecule has 1 aliphatic heterocycles. The summed E-state index contributed by atoms with van der Waals surface area (Å²) in [6.07, 6.45) is 1.78. The molecule has 0 aliphatic carbocycles. The Hall–Kier alpha value is -3.06. The van der Waals surface area contributed by atoms with Crippen LogP contribution in [0.3, 0.4) is 0 Å². The molecule has 0 radical (unpaired) electrons. The summed E-state index contributed by atoms with van der Waals surface area (Å²) in [4.78, 5) is 19.3. The van der Waals surface area contributed by atoms with Gasteiger partial charge in [0.1, 0.15) is 22.2 Å². The molecule has 0 aromatic heterocycles. The molecule has 0 amide bonds. The van der Waals surface area contributed by atoms with Gasteiger partial charge in [-0.2, -0.15) is 0 Å². The van der Waals surface area contributed by atoms with Gasteiger partial charge in [-0.15, -0.1) is 0 Å². The Labute approximate surface area is 173 Å². The lowest BCUT2D eigenvalue weighted by molar-refractivity contribution is -0.138. The third-order valence-corrected chi connectivity index (χ3v) is 5.15. The normalized spacial score (nSPS) is 16.6. The first-order valence-corrected chi connectivity index (χ1v) is 9.83. The lowest BCUT2D eigenvalue weighted by atomic mass is 10.1. The summed E-state index contributed by atoms with van der Waals surface area (Å²) >= 11 is 1.17. The van der Waals surface area contributed by atoms with E-state index in [2.05, 4.69) is 4.99 Å². The second-order valence-electron chi connectivity index (χ2n) is 6.43. The zero-order valence-corrected chi connectivity index (χ0v) is 17.2. The van der Waals surface area contributed by atoms with Gasteiger partial charge in [0.15, 0.2) is 0 Å². The maximum atomic E-state index is 13.2. The molecule has 0 fully saturated rings. The molecule has 1 heterocycles. The van der Waals surface area contributed by atoms with E-state index in [1.165, 1.54) is 36.0 Å². The number of carbonyl (C=O) groups is 1. The standard InChI is InChI=1S/C22H21FN2O3S/c1-4-28-22(27)19-20(26)18(13-14-5-11-17(12-6-14)25(2)3)29-21(19)24-16-9-7-15(23)8-10-16/h5-13,26H,4H2,1-3H3/b18-13-,24-21?. The summed E-state index contributed by atoms with van der Waals surface area (Å²) in [5, 5.41) is 11.0. The first-order valence-electron chi connectivity index (χ1n) is 9.01. The molecule has 0 bridgehead atoms. The summed E-state index contributed by atoms with van der Waals surface area (Å²) in [5.74, 6) is -1.20. The molecule has 29 heavy (non-hydrogen) atoms. The second-order valence-corrected chi connectivity index (χ2v) is 7.46. The molecule has 150 valence electrons. The van der Waals surface area contributed by atoms with Gasteiger partial charge in [0, 0.05) is 19.8 Å². The Balaban J connectivity index is 1.99. The smallest absolute Gasteiger partial charge is 0.344 e. The predicted octanol–water partition coefficient (Wildman–Crippen LogP) is 5.08. The molecular weight excluding hydrogens is 391 g/mol. The number of carbonyl (C=O) groups excluding carboxylic acids is 1. The number of thioether (sulfide) groups is 1. The third-order valence-electron chi connectivity index (χ3n) is 4.13. The molecule has 1 N–H and O–H groups in total. The summed E-state index contributed by atoms with van der Waals surface area (Å²) in [7, 11) is 3.91. The van der Waals surface area contributed by atoms with Crippen LogP contribution in [0.1, 0.15) is 12.5 Å². The third kappa shape index (κ3) is 4.86. The van der Waals surface area contributed by atoms with E-state index >= 15 is 0 Å². The maximum absolute atomic E-state index is 13.2. The van der Waals surface area contributed by atoms with E-state index in [9.17, 15) is 14.3 Å². The van der Waals surface area contributed by atoms with Crippen LogP contribution in [0.2, 0.25) is 0 Å². The molecule has 7 heteroatoms. The minimum atomic E-state index is -0.648. The number of aliphatic imine (C=N–C) groups is 1. The topological polar surface area (TPSA) is 62.1 Å². The number of hydrogen-bond acceptors (Lipinski definition) is 6. The van der Waals surface area contributed by atoms with E-state index in [4.69, 9.17) is 4.74 Å². The number of esters is 1. The molecule has 0 unspecified atom stereocenters. The number of hydrogen-bond donors (Lipinski definition) is 1. The van der Waals surface area contributed by atoms with E-state index in [0.29, 0.717) is 15.6 Å². The van der Waals surface area contributed by atoms with E-state index in [-0.39, 0.29) is 23.8 Å². The van der Waals surface area contributed by atoms with Crippen LogP contribution in [0.15, 0.2) is 69.8 Å². The predicted molar refractivity (Wildman–Crippen MR) is 116 cm³/mol. The van der Waals surface area contributed by atoms with Gasteiger partial charge in [0.25, 0.3) is 0 Å². The second kappa shape index (κ2) is 8.96. The molecule has 0 saturated heterocycles. The van der Waals surface area contributed by atoms with Crippen molar-refractivity contribution in [3.05, 3.63) is 76.1 Å². The van der Waals surface area contributed by atoms with Crippen molar-refractivity contribution in [2.45, 2.75) is 6.92 Å². The number of halogens is 1. The zero-order valence-electron chi connectivity index (χ0n) is 16.3. The van der Waals surface area contributed by atoms with Crippen molar-refractivity contribution in [2.24, 2.45) is 4.99 Å². The summed E-state index contributed by atoms with van der Waals surface area (Å²) in [6, 6.07) is 13.4. The highest BCUT2D eigenvalue weighted by Crippen LogP contribution is 2.40. The molecule has 0 saturated carbocycles. The molecule has 2 aromatic carbocycles. The highest BCUT2D eigenvalue weighted by atomic mass is 32.2. The van der Waals surface area contributed by atoms with Gasteiger partial charge >= 0.3 is 5.97 Å². The first kappa shape index (κ1) is 20.7. The highest BCUT2D eigenvalue weighted by molar-refractivity contribution is 8.18. The van der Waals surface area contributed by atoms with Crippen LogP contribution in [0.4, 0.5) is 15.8 Å². The van der Waals surface area contributed by atoms with Crippen molar-refractivity contribution >= 4 is 40.2 Å². The van der Waals surface area contributed by atoms with Crippen LogP contribution in [0.25, 0.3) is 6.08 Å². The van der Waals surface area contributed by atoms with Crippen LogP contribution in [-0.2, 0) is 9.53 Å². The minimum Gasteiger partial charge on any atom is -0.506 e. The van der Waals surface area contributed by atoms with Crippen molar-refractivity contribution in [1.82, 2.24) is 0 Å². The quantitative estimate of drug-likeness (QED) is 0.694. The highest BCUT2D eigenvalue weighted by Gasteiger charge is 2.33. The van der Waals surface area contributed by atoms with E-state index in [1.54, 1.807) is 13.0 Å². The van der Waals surface area contributed by atoms with Crippen LogP contribution in [-0.4, -0.2) is 36.8 Å². The Kier molecular flexibility index (Phi) is 6.39. The number of aliphatic hydroxyl groups is 1. The maximum Gasteiger partial charge on any atom is 0.344 e. The van der Waals surface area contributed by atoms with Gasteiger partial charge < -0.3 is 14.7 Å². The lowest BCUT2D eigenvalue weighted by Crippen LogP contribution is -2.12. The summed E-state index contributed by atoms with van der Waals surface area (Å²) in [6.45, 7) is 1.87. The average molecular weight is 412 g/mol. The number of ether oxygens (including phenoxy) is 1. The van der Waals surface area contributed by atoms with Crippen LogP contribution in [0, 0.1) is 5.82 Å². The Morgan fingerprint density at radius 1 is 1.17 bits per heavy atom. The van der Waals surface area contributed by atoms with E-state index in [0.717, 1.165) is 11.3 Å². The van der Waals surface area contributed by atoms with Crippen molar-refractivity contribution in [3.8, 4) is 0 Å². The Bertz CT molecular complexity index is 994. The van der Waals surface area contributed by atoms with E-state index in [1.807, 2.05) is 43.3 Å². The number of aliphatic hydroxyl groups excluding tert-OH is 1. The van der Waals surface area contributed by atoms with Gasteiger partial charge in [0.2, 0.25) is 0 Å². The molecule has 1 aliphatic rings. The Morgan fingerprint density at radius 3 is 2.41 bits per heavy atom. The van der Waals surface area contributed by atoms with Gasteiger partial charge in [-0.05, 0) is 55.0 Å². The average Bonchev–Trinajstić information content (AvgIpc) is 2.99. The van der Waals surface area contributed by atoms with Crippen LogP contribution < -0.4 is 4.90 Å². The van der Waals surface area contributed by atoms with Crippen molar-refractivity contribution < 1.29 is 19.0 Å². The lowest BCUT2D eigenvalue weighted by Gasteiger charge is -2.11. The van der Waals surface area contributed by atoms with Crippen LogP contribution >= 0.6 is 11.8 Å². The largest absolute Gasteiger partial charge is 0.506 e. The molecule has 3 rings (SSSR count). The molecule has 5 nitrogen and oxygen atoms in total. The molecule has 0 spiro atoms. The number of benzene rings is 2. The summed E-state index contributed by atoms with van der Waals surface area (Å²) < 4.78 is 18.2. The number of anilines is 1. The fraction of sp³-hybridized carbons (Fsp3) is 0.182. The van der Waals surface area contributed by atoms with Crippen LogP contribution in [0.5, 0.6) is 0 Å². The number of nitrogens with zero attached hydrogens (tertiary/aromatic N) is 2. The van der Waals surface area contributed by atoms with Crippen molar-refractivity contribution in [1.29, 1.82) is 0 Å². The monoisotopic (exact) mass is 412 g/mol. The molecule has 0 atom stereocenters. The fourth-order valence-corrected chi connectivity index (χ4v) is 3.68. The van der Waals surface area contributed by atoms with Gasteiger partial charge in [-0.1, -0.05) is 23.9 Å². The fourth-order valence-electron chi connectivity index (χ4n) is 2.64. The minimum absolute atomic E-state index is 0.0114. The van der Waals surface area contributed by atoms with Gasteiger partial charge in [-0.3, -0.25) is 0 Å². The molecular formula is C22H21FN2O3S. The number of rotatable bonds is 5. The van der Waals surface area contributed by atoms with Crippen molar-refractivity contribution in [2.75, 3.05) is 25.6 Å². The zero-order chi connectivity index (χ0) is 21.0. The van der Waals surface area contributed by atoms with Gasteiger partial charge in [0.05, 0.1) is 17.2 Å². The SMILES string of the molecule is CCOC(=O)C1=C(O)/C(=C/c2ccc(N(C)C)cc2)SC1=Nc1ccc(F)cc1. The first-order chi connectivity index (χ1) is 13.9. The Morgan fingerprint density at radius 2 is 1.83 bits per heavy atom. The molecule has 2 aromatic rings. The van der Waals surface area contributed by atoms with Gasteiger partial charge in [-0.25, -0.2) is 14.2 Å². The summed E-state index contributed by atoms with van der Waals surface area (Å²) in [5.41, 5.74) is 2.41.